The summed E-state index contributed by atoms with van der Waals surface area (Å²) in [6.45, 7) is 5.08. The van der Waals surface area contributed by atoms with E-state index in [-0.39, 0.29) is 18.2 Å². The van der Waals surface area contributed by atoms with Gasteiger partial charge >= 0.3 is 0 Å². The van der Waals surface area contributed by atoms with E-state index in [4.69, 9.17) is 0 Å². The van der Waals surface area contributed by atoms with E-state index in [0.29, 0.717) is 29.5 Å². The number of amides is 2. The fourth-order valence-electron chi connectivity index (χ4n) is 3.52. The van der Waals surface area contributed by atoms with Crippen molar-refractivity contribution < 1.29 is 9.59 Å². The van der Waals surface area contributed by atoms with E-state index >= 15 is 0 Å². The molecule has 0 spiro atoms. The van der Waals surface area contributed by atoms with Crippen LogP contribution in [0.1, 0.15) is 38.6 Å². The molecule has 0 fully saturated rings. The van der Waals surface area contributed by atoms with Crippen LogP contribution in [-0.2, 0) is 24.3 Å². The number of anilines is 1. The van der Waals surface area contributed by atoms with Crippen molar-refractivity contribution in [3.63, 3.8) is 0 Å². The van der Waals surface area contributed by atoms with Crippen LogP contribution in [0.3, 0.4) is 0 Å². The smallest absolute Gasteiger partial charge is 0.257 e. The Morgan fingerprint density at radius 2 is 1.70 bits per heavy atom. The quantitative estimate of drug-likeness (QED) is 0.415. The van der Waals surface area contributed by atoms with Crippen molar-refractivity contribution in [2.75, 3.05) is 5.32 Å². The van der Waals surface area contributed by atoms with Crippen molar-refractivity contribution in [1.82, 2.24) is 20.1 Å². The first-order valence-electron chi connectivity index (χ1n) is 10.6. The minimum absolute atomic E-state index is 0.129. The molecule has 7 nitrogen and oxygen atoms in total. The molecule has 8 heteroatoms. The van der Waals surface area contributed by atoms with Gasteiger partial charge in [-0.3, -0.25) is 19.6 Å². The van der Waals surface area contributed by atoms with Gasteiger partial charge in [0, 0.05) is 28.7 Å². The number of hydrogen-bond donors (Lipinski definition) is 2. The Morgan fingerprint density at radius 3 is 2.42 bits per heavy atom. The number of carbonyl (C=O) groups excluding carboxylic acids is 2. The highest BCUT2D eigenvalue weighted by Crippen LogP contribution is 2.18. The molecule has 2 amide bonds. The van der Waals surface area contributed by atoms with Gasteiger partial charge < -0.3 is 5.32 Å². The van der Waals surface area contributed by atoms with Crippen LogP contribution in [0.2, 0.25) is 0 Å². The first kappa shape index (κ1) is 22.4. The van der Waals surface area contributed by atoms with Gasteiger partial charge in [0.2, 0.25) is 5.91 Å². The third-order valence-corrected chi connectivity index (χ3v) is 6.13. The Hall–Kier alpha value is -3.78. The van der Waals surface area contributed by atoms with Gasteiger partial charge in [-0.25, -0.2) is 4.98 Å². The van der Waals surface area contributed by atoms with E-state index in [1.54, 1.807) is 29.6 Å². The molecule has 0 bridgehead atoms. The first-order valence-corrected chi connectivity index (χ1v) is 11.5. The second-order valence-electron chi connectivity index (χ2n) is 7.71. The summed E-state index contributed by atoms with van der Waals surface area (Å²) < 4.78 is 1.97. The van der Waals surface area contributed by atoms with Gasteiger partial charge in [0.05, 0.1) is 24.4 Å². The molecule has 0 aliphatic rings. The van der Waals surface area contributed by atoms with Crippen LogP contribution < -0.4 is 10.6 Å². The highest BCUT2D eigenvalue weighted by molar-refractivity contribution is 7.14. The maximum absolute atomic E-state index is 12.5. The van der Waals surface area contributed by atoms with Gasteiger partial charge in [-0.05, 0) is 31.5 Å². The minimum Gasteiger partial charge on any atom is -0.352 e. The second kappa shape index (κ2) is 10.2. The maximum atomic E-state index is 12.5. The molecular weight excluding hydrogens is 434 g/mol. The minimum atomic E-state index is -0.223. The molecule has 2 heterocycles. The van der Waals surface area contributed by atoms with Gasteiger partial charge in [0.15, 0.2) is 5.13 Å². The van der Waals surface area contributed by atoms with Crippen LogP contribution >= 0.6 is 11.3 Å². The van der Waals surface area contributed by atoms with Gasteiger partial charge in [-0.15, -0.1) is 11.3 Å². The Labute approximate surface area is 196 Å². The molecule has 4 aromatic rings. The second-order valence-corrected chi connectivity index (χ2v) is 8.57. The summed E-state index contributed by atoms with van der Waals surface area (Å²) in [4.78, 5) is 29.1. The van der Waals surface area contributed by atoms with Crippen LogP contribution in [-0.4, -0.2) is 26.6 Å². The standard InChI is InChI=1S/C25H25N5O2S/c1-17-22(18(2)30(29-17)15-19-9-5-3-6-10-19)14-26-23(31)13-21-16-33-25(27-21)28-24(32)20-11-7-4-8-12-20/h3-12,16H,13-15H2,1-2H3,(H,26,31)(H,27,28,32). The van der Waals surface area contributed by atoms with Crippen molar-refractivity contribution in [3.8, 4) is 0 Å². The van der Waals surface area contributed by atoms with E-state index in [0.717, 1.165) is 17.0 Å². The molecular formula is C25H25N5O2S. The average Bonchev–Trinajstić information content (AvgIpc) is 3.36. The van der Waals surface area contributed by atoms with Gasteiger partial charge in [0.1, 0.15) is 0 Å². The van der Waals surface area contributed by atoms with E-state index in [1.807, 2.05) is 42.8 Å². The Bertz CT molecular complexity index is 1250. The summed E-state index contributed by atoms with van der Waals surface area (Å²) in [5.41, 5.74) is 5.32. The monoisotopic (exact) mass is 459 g/mol. The molecule has 0 atom stereocenters. The van der Waals surface area contributed by atoms with Crippen molar-refractivity contribution >= 4 is 28.3 Å². The lowest BCUT2D eigenvalue weighted by Gasteiger charge is -2.07. The highest BCUT2D eigenvalue weighted by atomic mass is 32.1. The zero-order chi connectivity index (χ0) is 23.2. The lowest BCUT2D eigenvalue weighted by molar-refractivity contribution is -0.120. The van der Waals surface area contributed by atoms with Gasteiger partial charge in [0.25, 0.3) is 5.91 Å². The lowest BCUT2D eigenvalue weighted by Crippen LogP contribution is -2.25. The Kier molecular flexibility index (Phi) is 6.95. The number of nitrogens with one attached hydrogen (secondary N) is 2. The molecule has 2 aromatic heterocycles. The molecule has 0 unspecified atom stereocenters. The number of thiazole rings is 1. The number of aryl methyl sites for hydroxylation is 1. The summed E-state index contributed by atoms with van der Waals surface area (Å²) in [7, 11) is 0. The molecule has 0 saturated heterocycles. The molecule has 0 aliphatic carbocycles. The molecule has 0 aliphatic heterocycles. The first-order chi connectivity index (χ1) is 16.0. The van der Waals surface area contributed by atoms with Gasteiger partial charge in [-0.2, -0.15) is 5.10 Å². The molecule has 4 rings (SSSR count). The summed E-state index contributed by atoms with van der Waals surface area (Å²) >= 11 is 1.30. The molecule has 2 N–H and O–H groups in total. The molecule has 33 heavy (non-hydrogen) atoms. The lowest BCUT2D eigenvalue weighted by atomic mass is 10.2. The highest BCUT2D eigenvalue weighted by Gasteiger charge is 2.15. The fourth-order valence-corrected chi connectivity index (χ4v) is 4.22. The summed E-state index contributed by atoms with van der Waals surface area (Å²) in [5.74, 6) is -0.352. The molecule has 2 aromatic carbocycles. The summed E-state index contributed by atoms with van der Waals surface area (Å²) in [6.07, 6.45) is 0.147. The Morgan fingerprint density at radius 1 is 1.00 bits per heavy atom. The summed E-state index contributed by atoms with van der Waals surface area (Å²) in [5, 5.41) is 12.6. The van der Waals surface area contributed by atoms with E-state index in [2.05, 4.69) is 32.8 Å². The zero-order valence-corrected chi connectivity index (χ0v) is 19.4. The van der Waals surface area contributed by atoms with Crippen molar-refractivity contribution in [2.45, 2.75) is 33.4 Å². The topological polar surface area (TPSA) is 88.9 Å². The Balaban J connectivity index is 1.31. The SMILES string of the molecule is Cc1nn(Cc2ccccc2)c(C)c1CNC(=O)Cc1csc(NC(=O)c2ccccc2)n1. The van der Waals surface area contributed by atoms with Crippen LogP contribution in [0.5, 0.6) is 0 Å². The van der Waals surface area contributed by atoms with Crippen molar-refractivity contribution in [3.05, 3.63) is 99.8 Å². The third kappa shape index (κ3) is 5.72. The van der Waals surface area contributed by atoms with Gasteiger partial charge in [-0.1, -0.05) is 48.5 Å². The third-order valence-electron chi connectivity index (χ3n) is 5.32. The zero-order valence-electron chi connectivity index (χ0n) is 18.5. The van der Waals surface area contributed by atoms with Crippen molar-refractivity contribution in [1.29, 1.82) is 0 Å². The molecule has 0 radical (unpaired) electrons. The predicted octanol–water partition coefficient (Wildman–Crippen LogP) is 4.12. The van der Waals surface area contributed by atoms with E-state index < -0.39 is 0 Å². The van der Waals surface area contributed by atoms with E-state index in [9.17, 15) is 9.59 Å². The number of aromatic nitrogens is 3. The number of benzene rings is 2. The normalized spacial score (nSPS) is 10.7. The summed E-state index contributed by atoms with van der Waals surface area (Å²) in [6, 6.07) is 19.1. The fraction of sp³-hybridized carbons (Fsp3) is 0.200. The molecule has 168 valence electrons. The number of carbonyl (C=O) groups is 2. The molecule has 0 saturated carbocycles. The van der Waals surface area contributed by atoms with Crippen molar-refractivity contribution in [2.24, 2.45) is 0 Å². The number of hydrogen-bond acceptors (Lipinski definition) is 5. The largest absolute Gasteiger partial charge is 0.352 e. The van der Waals surface area contributed by atoms with Crippen LogP contribution in [0.15, 0.2) is 66.0 Å². The predicted molar refractivity (Wildman–Crippen MR) is 129 cm³/mol. The number of rotatable bonds is 8. The van der Waals surface area contributed by atoms with Crippen LogP contribution in [0.25, 0.3) is 0 Å². The number of nitrogens with zero attached hydrogens (tertiary/aromatic N) is 3. The maximum Gasteiger partial charge on any atom is 0.257 e. The average molecular weight is 460 g/mol. The van der Waals surface area contributed by atoms with Crippen LogP contribution in [0.4, 0.5) is 5.13 Å². The van der Waals surface area contributed by atoms with E-state index in [1.165, 1.54) is 16.9 Å². The van der Waals surface area contributed by atoms with Crippen LogP contribution in [0, 0.1) is 13.8 Å².